The van der Waals surface area contributed by atoms with Crippen LogP contribution in [0.2, 0.25) is 0 Å². The minimum atomic E-state index is -0.588. The van der Waals surface area contributed by atoms with Crippen molar-refractivity contribution in [2.75, 3.05) is 62.3 Å². The summed E-state index contributed by atoms with van der Waals surface area (Å²) >= 11 is 0. The van der Waals surface area contributed by atoms with Gasteiger partial charge in [-0.1, -0.05) is 0 Å². The molecular weight excluding hydrogens is 351 g/mol. The molecule has 0 saturated carbocycles. The van der Waals surface area contributed by atoms with E-state index in [2.05, 4.69) is 25.0 Å². The standard InChI is InChI=1S/C18H21FN6O2/c19-15-13-20-4-3-14(15)18(26)25-7-5-23(6-8-25)16-1-2-17(22-21-16)24-9-11-27-12-10-24/h1-4,13H,5-12H2. The van der Waals surface area contributed by atoms with Gasteiger partial charge in [0.2, 0.25) is 0 Å². The molecule has 4 rings (SSSR count). The van der Waals surface area contributed by atoms with E-state index in [0.29, 0.717) is 39.4 Å². The number of piperazine rings is 1. The van der Waals surface area contributed by atoms with Crippen LogP contribution in [0.4, 0.5) is 16.0 Å². The maximum atomic E-state index is 13.8. The predicted octanol–water partition coefficient (Wildman–Crippen LogP) is 0.810. The van der Waals surface area contributed by atoms with Gasteiger partial charge in [-0.25, -0.2) is 4.39 Å². The van der Waals surface area contributed by atoms with Gasteiger partial charge < -0.3 is 19.4 Å². The molecule has 0 unspecified atom stereocenters. The van der Waals surface area contributed by atoms with Gasteiger partial charge in [-0.3, -0.25) is 9.78 Å². The molecule has 0 bridgehead atoms. The van der Waals surface area contributed by atoms with Gasteiger partial charge >= 0.3 is 0 Å². The molecule has 2 aromatic rings. The summed E-state index contributed by atoms with van der Waals surface area (Å²) in [7, 11) is 0. The maximum Gasteiger partial charge on any atom is 0.257 e. The Labute approximate surface area is 156 Å². The number of carbonyl (C=O) groups excluding carboxylic acids is 1. The lowest BCUT2D eigenvalue weighted by Crippen LogP contribution is -2.49. The van der Waals surface area contributed by atoms with Crippen molar-refractivity contribution < 1.29 is 13.9 Å². The highest BCUT2D eigenvalue weighted by Crippen LogP contribution is 2.18. The number of morpholine rings is 1. The Bertz CT molecular complexity index is 789. The number of halogens is 1. The monoisotopic (exact) mass is 372 g/mol. The van der Waals surface area contributed by atoms with Gasteiger partial charge in [-0.2, -0.15) is 0 Å². The summed E-state index contributed by atoms with van der Waals surface area (Å²) in [6.07, 6.45) is 2.49. The molecular formula is C18H21FN6O2. The van der Waals surface area contributed by atoms with Gasteiger partial charge in [0, 0.05) is 45.5 Å². The van der Waals surface area contributed by atoms with E-state index in [9.17, 15) is 9.18 Å². The van der Waals surface area contributed by atoms with Crippen LogP contribution in [0.25, 0.3) is 0 Å². The Kier molecular flexibility index (Phi) is 5.10. The molecule has 2 aromatic heterocycles. The smallest absolute Gasteiger partial charge is 0.257 e. The molecule has 2 saturated heterocycles. The zero-order valence-corrected chi connectivity index (χ0v) is 14.9. The third-order valence-electron chi connectivity index (χ3n) is 4.87. The molecule has 2 fully saturated rings. The van der Waals surface area contributed by atoms with Crippen molar-refractivity contribution in [3.63, 3.8) is 0 Å². The summed E-state index contributed by atoms with van der Waals surface area (Å²) in [6, 6.07) is 5.34. The van der Waals surface area contributed by atoms with E-state index < -0.39 is 5.82 Å². The number of hydrogen-bond donors (Lipinski definition) is 0. The molecule has 0 radical (unpaired) electrons. The number of hydrogen-bond acceptors (Lipinski definition) is 7. The number of carbonyl (C=O) groups is 1. The summed E-state index contributed by atoms with van der Waals surface area (Å²) < 4.78 is 19.1. The highest BCUT2D eigenvalue weighted by molar-refractivity contribution is 5.94. The van der Waals surface area contributed by atoms with Crippen molar-refractivity contribution in [1.82, 2.24) is 20.1 Å². The Morgan fingerprint density at radius 3 is 2.15 bits per heavy atom. The molecule has 2 aliphatic rings. The van der Waals surface area contributed by atoms with Gasteiger partial charge in [-0.05, 0) is 18.2 Å². The van der Waals surface area contributed by atoms with Gasteiger partial charge in [0.25, 0.3) is 5.91 Å². The van der Waals surface area contributed by atoms with Gasteiger partial charge in [0.1, 0.15) is 0 Å². The van der Waals surface area contributed by atoms with E-state index in [-0.39, 0.29) is 11.5 Å². The topological polar surface area (TPSA) is 74.7 Å². The fraction of sp³-hybridized carbons (Fsp3) is 0.444. The van der Waals surface area contributed by atoms with Crippen LogP contribution >= 0.6 is 0 Å². The van der Waals surface area contributed by atoms with Crippen LogP contribution in [-0.2, 0) is 4.74 Å². The maximum absolute atomic E-state index is 13.8. The first-order valence-electron chi connectivity index (χ1n) is 9.02. The van der Waals surface area contributed by atoms with Gasteiger partial charge in [0.15, 0.2) is 17.5 Å². The number of anilines is 2. The minimum Gasteiger partial charge on any atom is -0.378 e. The summed E-state index contributed by atoms with van der Waals surface area (Å²) in [6.45, 7) is 5.32. The molecule has 142 valence electrons. The van der Waals surface area contributed by atoms with Crippen LogP contribution in [0.1, 0.15) is 10.4 Å². The van der Waals surface area contributed by atoms with Crippen molar-refractivity contribution in [3.05, 3.63) is 42.0 Å². The fourth-order valence-electron chi connectivity index (χ4n) is 3.31. The predicted molar refractivity (Wildman–Crippen MR) is 97.4 cm³/mol. The van der Waals surface area contributed by atoms with Crippen LogP contribution < -0.4 is 9.80 Å². The lowest BCUT2D eigenvalue weighted by molar-refractivity contribution is 0.0741. The van der Waals surface area contributed by atoms with E-state index in [1.165, 1.54) is 12.3 Å². The molecule has 0 N–H and O–H groups in total. The minimum absolute atomic E-state index is 0.0631. The van der Waals surface area contributed by atoms with E-state index >= 15 is 0 Å². The van der Waals surface area contributed by atoms with Crippen molar-refractivity contribution in [2.24, 2.45) is 0 Å². The zero-order valence-electron chi connectivity index (χ0n) is 14.9. The third-order valence-corrected chi connectivity index (χ3v) is 4.87. The zero-order chi connectivity index (χ0) is 18.6. The van der Waals surface area contributed by atoms with Crippen molar-refractivity contribution in [3.8, 4) is 0 Å². The summed E-state index contributed by atoms with van der Waals surface area (Å²) in [5, 5.41) is 8.67. The Morgan fingerprint density at radius 2 is 1.56 bits per heavy atom. The number of nitrogens with zero attached hydrogens (tertiary/aromatic N) is 6. The molecule has 0 spiro atoms. The molecule has 1 amide bonds. The molecule has 8 nitrogen and oxygen atoms in total. The van der Waals surface area contributed by atoms with E-state index in [4.69, 9.17) is 4.74 Å². The Balaban J connectivity index is 1.36. The van der Waals surface area contributed by atoms with Crippen LogP contribution in [0.15, 0.2) is 30.6 Å². The molecule has 4 heterocycles. The average molecular weight is 372 g/mol. The quantitative estimate of drug-likeness (QED) is 0.789. The first-order valence-corrected chi connectivity index (χ1v) is 9.02. The lowest BCUT2D eigenvalue weighted by atomic mass is 10.2. The summed E-state index contributed by atoms with van der Waals surface area (Å²) in [5.41, 5.74) is 0.0631. The Morgan fingerprint density at radius 1 is 0.926 bits per heavy atom. The number of amides is 1. The second kappa shape index (κ2) is 7.83. The first kappa shape index (κ1) is 17.6. The molecule has 0 atom stereocenters. The van der Waals surface area contributed by atoms with Crippen molar-refractivity contribution in [1.29, 1.82) is 0 Å². The second-order valence-electron chi connectivity index (χ2n) is 6.48. The van der Waals surface area contributed by atoms with Crippen molar-refractivity contribution >= 4 is 17.5 Å². The molecule has 0 aromatic carbocycles. The van der Waals surface area contributed by atoms with Gasteiger partial charge in [-0.15, -0.1) is 10.2 Å². The molecule has 0 aliphatic carbocycles. The molecule has 9 heteroatoms. The van der Waals surface area contributed by atoms with Crippen LogP contribution in [0.5, 0.6) is 0 Å². The normalized spacial score (nSPS) is 17.9. The second-order valence-corrected chi connectivity index (χ2v) is 6.48. The highest BCUT2D eigenvalue weighted by atomic mass is 19.1. The van der Waals surface area contributed by atoms with Crippen LogP contribution in [-0.4, -0.2) is 78.5 Å². The number of ether oxygens (including phenoxy) is 1. The lowest BCUT2D eigenvalue weighted by Gasteiger charge is -2.35. The molecule has 27 heavy (non-hydrogen) atoms. The summed E-state index contributed by atoms with van der Waals surface area (Å²) in [5.74, 6) is 0.746. The average Bonchev–Trinajstić information content (AvgIpc) is 2.74. The largest absolute Gasteiger partial charge is 0.378 e. The van der Waals surface area contributed by atoms with Crippen molar-refractivity contribution in [2.45, 2.75) is 0 Å². The van der Waals surface area contributed by atoms with Gasteiger partial charge in [0.05, 0.1) is 25.0 Å². The Hall–Kier alpha value is -2.81. The van der Waals surface area contributed by atoms with E-state index in [1.54, 1.807) is 4.90 Å². The van der Waals surface area contributed by atoms with Crippen LogP contribution in [0.3, 0.4) is 0 Å². The molecule has 2 aliphatic heterocycles. The fourth-order valence-corrected chi connectivity index (χ4v) is 3.31. The SMILES string of the molecule is O=C(c1ccncc1F)N1CCN(c2ccc(N3CCOCC3)nn2)CC1. The number of pyridine rings is 1. The van der Waals surface area contributed by atoms with E-state index in [0.717, 1.165) is 30.9 Å². The summed E-state index contributed by atoms with van der Waals surface area (Å²) in [4.78, 5) is 22.1. The first-order chi connectivity index (χ1) is 13.2. The number of aromatic nitrogens is 3. The number of rotatable bonds is 3. The van der Waals surface area contributed by atoms with E-state index in [1.807, 2.05) is 12.1 Å². The highest BCUT2D eigenvalue weighted by Gasteiger charge is 2.25. The third kappa shape index (κ3) is 3.82. The van der Waals surface area contributed by atoms with Crippen LogP contribution in [0, 0.1) is 5.82 Å².